The zero-order chi connectivity index (χ0) is 28.4. The number of aromatic nitrogens is 2. The van der Waals surface area contributed by atoms with Crippen molar-refractivity contribution in [2.75, 3.05) is 13.2 Å². The van der Waals surface area contributed by atoms with Crippen molar-refractivity contribution in [3.05, 3.63) is 60.2 Å². The van der Waals surface area contributed by atoms with Gasteiger partial charge in [0.2, 0.25) is 5.91 Å². The second-order valence-electron chi connectivity index (χ2n) is 9.95. The lowest BCUT2D eigenvalue weighted by Crippen LogP contribution is -2.55. The molecule has 212 valence electrons. The number of hydrogen-bond acceptors (Lipinski definition) is 10. The Kier molecular flexibility index (Phi) is 11.8. The van der Waals surface area contributed by atoms with Crippen LogP contribution >= 0.6 is 0 Å². The largest absolute Gasteiger partial charge is 0.481 e. The molecule has 1 unspecified atom stereocenters. The van der Waals surface area contributed by atoms with Crippen LogP contribution in [-0.4, -0.2) is 98.9 Å². The van der Waals surface area contributed by atoms with Gasteiger partial charge in [0, 0.05) is 25.4 Å². The molecule has 0 radical (unpaired) electrons. The van der Waals surface area contributed by atoms with Crippen molar-refractivity contribution in [1.29, 1.82) is 0 Å². The Labute approximate surface area is 227 Å². The average Bonchev–Trinajstić information content (AvgIpc) is 3.38. The zero-order valence-electron chi connectivity index (χ0n) is 22.1. The van der Waals surface area contributed by atoms with Crippen molar-refractivity contribution in [2.24, 2.45) is 5.92 Å². The lowest BCUT2D eigenvalue weighted by Gasteiger charge is -2.26. The normalized spacial score (nSPS) is 20.3. The number of aliphatic hydroxyl groups excluding tert-OH is 4. The van der Waals surface area contributed by atoms with Crippen LogP contribution in [0.3, 0.4) is 0 Å². The summed E-state index contributed by atoms with van der Waals surface area (Å²) in [5.74, 6) is -1.69. The van der Waals surface area contributed by atoms with Crippen LogP contribution in [-0.2, 0) is 20.5 Å². The van der Waals surface area contributed by atoms with Crippen molar-refractivity contribution in [2.45, 2.75) is 69.5 Å². The number of nitrogens with one attached hydrogen (secondary N) is 2. The Morgan fingerprint density at radius 1 is 1.03 bits per heavy atom. The predicted molar refractivity (Wildman–Crippen MR) is 141 cm³/mol. The third-order valence-electron chi connectivity index (χ3n) is 6.36. The van der Waals surface area contributed by atoms with E-state index in [2.05, 4.69) is 20.6 Å². The van der Waals surface area contributed by atoms with Gasteiger partial charge in [-0.1, -0.05) is 44.2 Å². The van der Waals surface area contributed by atoms with E-state index in [1.54, 1.807) is 0 Å². The Bertz CT molecular complexity index is 1040. The number of hydrogen-bond donors (Lipinski definition) is 6. The first kappa shape index (κ1) is 30.6. The van der Waals surface area contributed by atoms with E-state index in [9.17, 15) is 30.0 Å². The van der Waals surface area contributed by atoms with E-state index in [1.165, 1.54) is 18.6 Å². The Balaban J connectivity index is 1.82. The topological polar surface area (TPSA) is 183 Å². The first-order valence-corrected chi connectivity index (χ1v) is 13.0. The highest BCUT2D eigenvalue weighted by Crippen LogP contribution is 2.27. The minimum Gasteiger partial charge on any atom is -0.402 e. The summed E-state index contributed by atoms with van der Waals surface area (Å²) < 4.78 is 11.9. The molecule has 0 saturated carbocycles. The maximum Gasteiger partial charge on any atom is 0.481 e. The van der Waals surface area contributed by atoms with Crippen LogP contribution in [0, 0.1) is 5.92 Å². The van der Waals surface area contributed by atoms with Crippen molar-refractivity contribution in [3.63, 3.8) is 0 Å². The molecule has 1 aromatic carbocycles. The Morgan fingerprint density at radius 3 is 2.31 bits per heavy atom. The lowest BCUT2D eigenvalue weighted by molar-refractivity contribution is -0.123. The Morgan fingerprint density at radius 2 is 1.72 bits per heavy atom. The summed E-state index contributed by atoms with van der Waals surface area (Å²) in [5, 5.41) is 45.2. The van der Waals surface area contributed by atoms with E-state index in [0.717, 1.165) is 5.56 Å². The molecule has 6 N–H and O–H groups in total. The van der Waals surface area contributed by atoms with Gasteiger partial charge in [0.05, 0.1) is 37.1 Å². The van der Waals surface area contributed by atoms with Crippen LogP contribution in [0.2, 0.25) is 0 Å². The number of aliphatic hydroxyl groups is 4. The first-order valence-electron chi connectivity index (χ1n) is 13.0. The molecule has 2 heterocycles. The molecule has 1 aliphatic rings. The highest BCUT2D eigenvalue weighted by Gasteiger charge is 2.50. The van der Waals surface area contributed by atoms with Gasteiger partial charge in [-0.25, -0.2) is 4.98 Å². The van der Waals surface area contributed by atoms with E-state index in [-0.39, 0.29) is 31.1 Å². The summed E-state index contributed by atoms with van der Waals surface area (Å²) in [6.45, 7) is 2.96. The van der Waals surface area contributed by atoms with Crippen LogP contribution in [0.15, 0.2) is 48.9 Å². The van der Waals surface area contributed by atoms with Crippen molar-refractivity contribution < 1.29 is 39.3 Å². The molecule has 0 bridgehead atoms. The number of amides is 2. The summed E-state index contributed by atoms with van der Waals surface area (Å²) >= 11 is 0. The second-order valence-corrected chi connectivity index (χ2v) is 9.95. The minimum absolute atomic E-state index is 0.0236. The standard InChI is InChI=1S/C26H37BN4O8/c1-16(2)12-22(27-38-23(20(34)8-11-32)24(39-27)21(35)15-33)31-25(36)18(13-17-6-4-3-5-7-17)30-26(37)19-14-28-9-10-29-19/h3-7,9-10,14,16,18,20-24,32-35H,8,11-13,15H2,1-2H3,(H,30,37)(H,31,36)/t18-,20+,21+,22?,23+,24+/m0/s1. The Hall–Kier alpha value is -2.94. The van der Waals surface area contributed by atoms with E-state index in [1.807, 2.05) is 44.2 Å². The molecule has 39 heavy (non-hydrogen) atoms. The molecule has 6 atom stereocenters. The monoisotopic (exact) mass is 544 g/mol. The molecule has 1 saturated heterocycles. The van der Waals surface area contributed by atoms with Gasteiger partial charge in [-0.15, -0.1) is 0 Å². The smallest absolute Gasteiger partial charge is 0.402 e. The lowest BCUT2D eigenvalue weighted by atomic mass is 9.74. The van der Waals surface area contributed by atoms with Crippen LogP contribution in [0.25, 0.3) is 0 Å². The van der Waals surface area contributed by atoms with Gasteiger partial charge in [0.1, 0.15) is 17.8 Å². The van der Waals surface area contributed by atoms with Crippen LogP contribution in [0.5, 0.6) is 0 Å². The maximum atomic E-state index is 13.6. The number of benzene rings is 1. The predicted octanol–water partition coefficient (Wildman–Crippen LogP) is -0.743. The third-order valence-corrected chi connectivity index (χ3v) is 6.36. The molecule has 2 amide bonds. The van der Waals surface area contributed by atoms with E-state index >= 15 is 0 Å². The fraction of sp³-hybridized carbons (Fsp3) is 0.538. The van der Waals surface area contributed by atoms with Crippen LogP contribution in [0.4, 0.5) is 0 Å². The van der Waals surface area contributed by atoms with Gasteiger partial charge in [0.25, 0.3) is 5.91 Å². The summed E-state index contributed by atoms with van der Waals surface area (Å²) in [5.41, 5.74) is 0.885. The molecular weight excluding hydrogens is 507 g/mol. The summed E-state index contributed by atoms with van der Waals surface area (Å²) in [7, 11) is -1.06. The first-order chi connectivity index (χ1) is 18.7. The van der Waals surface area contributed by atoms with Crippen LogP contribution < -0.4 is 10.6 Å². The fourth-order valence-corrected chi connectivity index (χ4v) is 4.44. The minimum atomic E-state index is -1.35. The fourth-order valence-electron chi connectivity index (χ4n) is 4.44. The number of carbonyl (C=O) groups excluding carboxylic acids is 2. The molecule has 1 aliphatic heterocycles. The number of rotatable bonds is 14. The summed E-state index contributed by atoms with van der Waals surface area (Å²) in [4.78, 5) is 34.4. The molecular formula is C26H37BN4O8. The van der Waals surface area contributed by atoms with Gasteiger partial charge in [-0.05, 0) is 24.3 Å². The molecule has 2 aromatic rings. The average molecular weight is 544 g/mol. The summed E-state index contributed by atoms with van der Waals surface area (Å²) in [6, 6.07) is 8.23. The molecule has 3 rings (SSSR count). The quantitative estimate of drug-likeness (QED) is 0.166. The van der Waals surface area contributed by atoms with Gasteiger partial charge < -0.3 is 40.4 Å². The molecule has 13 heteroatoms. The number of carbonyl (C=O) groups is 2. The molecule has 12 nitrogen and oxygen atoms in total. The maximum absolute atomic E-state index is 13.6. The molecule has 1 fully saturated rings. The van der Waals surface area contributed by atoms with E-state index in [4.69, 9.17) is 9.31 Å². The second kappa shape index (κ2) is 15.0. The number of nitrogens with zero attached hydrogens (tertiary/aromatic N) is 2. The van der Waals surface area contributed by atoms with Crippen molar-refractivity contribution in [1.82, 2.24) is 20.6 Å². The highest BCUT2D eigenvalue weighted by atomic mass is 16.7. The van der Waals surface area contributed by atoms with E-state index in [0.29, 0.717) is 6.42 Å². The SMILES string of the molecule is CC(C)CC(NC(=O)[C@H](Cc1ccccc1)NC(=O)c1cnccn1)B1O[C@H]([C@H](O)CO)[C@@H]([C@H](O)CCO)O1. The van der Waals surface area contributed by atoms with Gasteiger partial charge in [-0.2, -0.15) is 0 Å². The molecule has 0 spiro atoms. The van der Waals surface area contributed by atoms with E-state index < -0.39 is 61.9 Å². The molecule has 0 aliphatic carbocycles. The van der Waals surface area contributed by atoms with Gasteiger partial charge in [-0.3, -0.25) is 14.6 Å². The van der Waals surface area contributed by atoms with Crippen LogP contribution in [0.1, 0.15) is 42.7 Å². The van der Waals surface area contributed by atoms with Crippen molar-refractivity contribution in [3.8, 4) is 0 Å². The third kappa shape index (κ3) is 8.78. The zero-order valence-corrected chi connectivity index (χ0v) is 22.1. The van der Waals surface area contributed by atoms with Gasteiger partial charge >= 0.3 is 7.12 Å². The summed E-state index contributed by atoms with van der Waals surface area (Å²) in [6.07, 6.45) is 0.0860. The van der Waals surface area contributed by atoms with Gasteiger partial charge in [0.15, 0.2) is 0 Å². The van der Waals surface area contributed by atoms with Crippen molar-refractivity contribution >= 4 is 18.9 Å². The highest BCUT2D eigenvalue weighted by molar-refractivity contribution is 6.47. The molecule has 1 aromatic heterocycles.